The maximum atomic E-state index is 13.5. The van der Waals surface area contributed by atoms with E-state index in [1.54, 1.807) is 0 Å². The van der Waals surface area contributed by atoms with Crippen molar-refractivity contribution in [3.63, 3.8) is 0 Å². The fourth-order valence-corrected chi connectivity index (χ4v) is 2.10. The van der Waals surface area contributed by atoms with E-state index in [-0.39, 0.29) is 25.0 Å². The first-order valence-corrected chi connectivity index (χ1v) is 5.68. The molecule has 1 unspecified atom stereocenters. The minimum Gasteiger partial charge on any atom is -0.337 e. The van der Waals surface area contributed by atoms with Crippen LogP contribution in [0.3, 0.4) is 0 Å². The van der Waals surface area contributed by atoms with Crippen molar-refractivity contribution in [3.05, 3.63) is 35.1 Å². The molecule has 0 saturated carbocycles. The second-order valence-corrected chi connectivity index (χ2v) is 4.40. The van der Waals surface area contributed by atoms with Gasteiger partial charge in [-0.1, -0.05) is 0 Å². The molecule has 0 radical (unpaired) electrons. The Kier molecular flexibility index (Phi) is 5.20. The molecule has 1 atom stereocenters. The van der Waals surface area contributed by atoms with E-state index in [1.807, 2.05) is 0 Å². The fourth-order valence-electron chi connectivity index (χ4n) is 2.10. The lowest BCUT2D eigenvalue weighted by Crippen LogP contribution is -2.46. The molecule has 1 aliphatic heterocycles. The third kappa shape index (κ3) is 3.39. The average Bonchev–Trinajstić information content (AvgIpc) is 2.27. The van der Waals surface area contributed by atoms with Crippen LogP contribution in [0, 0.1) is 17.5 Å². The smallest absolute Gasteiger partial charge is 0.259 e. The van der Waals surface area contributed by atoms with E-state index in [4.69, 9.17) is 5.73 Å². The molecule has 7 heteroatoms. The van der Waals surface area contributed by atoms with E-state index in [0.29, 0.717) is 25.1 Å². The van der Waals surface area contributed by atoms with Crippen LogP contribution in [0.4, 0.5) is 13.2 Å². The molecular weight excluding hydrogens is 281 g/mol. The quantitative estimate of drug-likeness (QED) is 0.862. The highest BCUT2D eigenvalue weighted by Crippen LogP contribution is 2.19. The predicted octanol–water partition coefficient (Wildman–Crippen LogP) is 2.09. The SMILES string of the molecule is Cl.NC1CCCN(C(=O)c2c(F)cc(F)cc2F)C1. The number of rotatable bonds is 1. The molecule has 0 aliphatic carbocycles. The van der Waals surface area contributed by atoms with Crippen molar-refractivity contribution >= 4 is 18.3 Å². The van der Waals surface area contributed by atoms with Crippen LogP contribution in [0.15, 0.2) is 12.1 Å². The van der Waals surface area contributed by atoms with Crippen molar-refractivity contribution in [3.8, 4) is 0 Å². The van der Waals surface area contributed by atoms with Gasteiger partial charge in [-0.15, -0.1) is 12.4 Å². The van der Waals surface area contributed by atoms with Crippen molar-refractivity contribution in [2.24, 2.45) is 5.73 Å². The largest absolute Gasteiger partial charge is 0.337 e. The summed E-state index contributed by atoms with van der Waals surface area (Å²) < 4.78 is 39.7. The van der Waals surface area contributed by atoms with Gasteiger partial charge in [0.25, 0.3) is 5.91 Å². The van der Waals surface area contributed by atoms with Gasteiger partial charge in [-0.2, -0.15) is 0 Å². The number of piperidine rings is 1. The first-order valence-electron chi connectivity index (χ1n) is 5.68. The van der Waals surface area contributed by atoms with Crippen LogP contribution >= 0.6 is 12.4 Å². The van der Waals surface area contributed by atoms with E-state index < -0.39 is 28.9 Å². The van der Waals surface area contributed by atoms with E-state index in [1.165, 1.54) is 4.90 Å². The Morgan fingerprint density at radius 3 is 2.37 bits per heavy atom. The van der Waals surface area contributed by atoms with Crippen LogP contribution in [0.5, 0.6) is 0 Å². The first-order chi connectivity index (χ1) is 8.49. The van der Waals surface area contributed by atoms with Crippen molar-refractivity contribution in [2.75, 3.05) is 13.1 Å². The van der Waals surface area contributed by atoms with Crippen LogP contribution in [0.1, 0.15) is 23.2 Å². The maximum absolute atomic E-state index is 13.5. The molecule has 106 valence electrons. The molecule has 1 aromatic carbocycles. The molecular formula is C12H14ClF3N2O. The zero-order valence-electron chi connectivity index (χ0n) is 10.0. The second kappa shape index (κ2) is 6.25. The van der Waals surface area contributed by atoms with Crippen molar-refractivity contribution in [2.45, 2.75) is 18.9 Å². The van der Waals surface area contributed by atoms with E-state index in [2.05, 4.69) is 0 Å². The van der Waals surface area contributed by atoms with Gasteiger partial charge in [0.2, 0.25) is 0 Å². The lowest BCUT2D eigenvalue weighted by atomic mass is 10.0. The molecule has 3 nitrogen and oxygen atoms in total. The molecule has 2 N–H and O–H groups in total. The van der Waals surface area contributed by atoms with E-state index in [9.17, 15) is 18.0 Å². The van der Waals surface area contributed by atoms with Gasteiger partial charge in [0.05, 0.1) is 0 Å². The number of likely N-dealkylation sites (tertiary alicyclic amines) is 1. The van der Waals surface area contributed by atoms with Crippen LogP contribution < -0.4 is 5.73 Å². The Morgan fingerprint density at radius 1 is 1.26 bits per heavy atom. The number of amides is 1. The fraction of sp³-hybridized carbons (Fsp3) is 0.417. The standard InChI is InChI=1S/C12H13F3N2O.ClH/c13-7-4-9(14)11(10(15)5-7)12(18)17-3-1-2-8(16)6-17;/h4-5,8H,1-3,6,16H2;1H. The summed E-state index contributed by atoms with van der Waals surface area (Å²) in [5, 5.41) is 0. The Bertz CT molecular complexity index is 461. The van der Waals surface area contributed by atoms with Crippen LogP contribution in [-0.4, -0.2) is 29.9 Å². The van der Waals surface area contributed by atoms with Gasteiger partial charge in [-0.05, 0) is 12.8 Å². The summed E-state index contributed by atoms with van der Waals surface area (Å²) >= 11 is 0. The number of carbonyl (C=O) groups excluding carboxylic acids is 1. The highest BCUT2D eigenvalue weighted by Gasteiger charge is 2.27. The van der Waals surface area contributed by atoms with Crippen molar-refractivity contribution < 1.29 is 18.0 Å². The third-order valence-corrected chi connectivity index (χ3v) is 2.97. The average molecular weight is 295 g/mol. The summed E-state index contributed by atoms with van der Waals surface area (Å²) in [4.78, 5) is 13.3. The summed E-state index contributed by atoms with van der Waals surface area (Å²) in [6, 6.07) is 0.815. The van der Waals surface area contributed by atoms with E-state index in [0.717, 1.165) is 6.42 Å². The monoisotopic (exact) mass is 294 g/mol. The number of carbonyl (C=O) groups is 1. The summed E-state index contributed by atoms with van der Waals surface area (Å²) in [7, 11) is 0. The number of nitrogens with zero attached hydrogens (tertiary/aromatic N) is 1. The van der Waals surface area contributed by atoms with Gasteiger partial charge >= 0.3 is 0 Å². The van der Waals surface area contributed by atoms with Gasteiger partial charge in [0.1, 0.15) is 23.0 Å². The van der Waals surface area contributed by atoms with Crippen LogP contribution in [0.25, 0.3) is 0 Å². The Labute approximate surface area is 115 Å². The van der Waals surface area contributed by atoms with Crippen molar-refractivity contribution in [1.29, 1.82) is 0 Å². The predicted molar refractivity (Wildman–Crippen MR) is 66.7 cm³/mol. The number of nitrogens with two attached hydrogens (primary N) is 1. The molecule has 2 rings (SSSR count). The zero-order valence-corrected chi connectivity index (χ0v) is 10.9. The van der Waals surface area contributed by atoms with Crippen LogP contribution in [0.2, 0.25) is 0 Å². The van der Waals surface area contributed by atoms with Gasteiger partial charge < -0.3 is 10.6 Å². The number of halogens is 4. The van der Waals surface area contributed by atoms with E-state index >= 15 is 0 Å². The summed E-state index contributed by atoms with van der Waals surface area (Å²) in [6.45, 7) is 0.665. The summed E-state index contributed by atoms with van der Waals surface area (Å²) in [6.07, 6.45) is 1.47. The molecule has 1 heterocycles. The molecule has 1 saturated heterocycles. The molecule has 1 amide bonds. The molecule has 1 fully saturated rings. The Morgan fingerprint density at radius 2 is 1.84 bits per heavy atom. The third-order valence-electron chi connectivity index (χ3n) is 2.97. The lowest BCUT2D eigenvalue weighted by Gasteiger charge is -2.30. The first kappa shape index (κ1) is 15.8. The zero-order chi connectivity index (χ0) is 13.3. The van der Waals surface area contributed by atoms with Gasteiger partial charge in [-0.25, -0.2) is 13.2 Å². The maximum Gasteiger partial charge on any atom is 0.259 e. The minimum absolute atomic E-state index is 0. The van der Waals surface area contributed by atoms with Gasteiger partial charge in [0, 0.05) is 31.3 Å². The number of benzene rings is 1. The minimum atomic E-state index is -1.18. The molecule has 0 spiro atoms. The van der Waals surface area contributed by atoms with Crippen molar-refractivity contribution in [1.82, 2.24) is 4.90 Å². The Balaban J connectivity index is 0.00000180. The Hall–Kier alpha value is -1.27. The molecule has 0 bridgehead atoms. The highest BCUT2D eigenvalue weighted by atomic mass is 35.5. The van der Waals surface area contributed by atoms with Gasteiger partial charge in [-0.3, -0.25) is 4.79 Å². The van der Waals surface area contributed by atoms with Gasteiger partial charge in [0.15, 0.2) is 0 Å². The number of hydrogen-bond acceptors (Lipinski definition) is 2. The topological polar surface area (TPSA) is 46.3 Å². The normalized spacial score (nSPS) is 18.9. The molecule has 1 aromatic rings. The second-order valence-electron chi connectivity index (χ2n) is 4.40. The molecule has 1 aliphatic rings. The highest BCUT2D eigenvalue weighted by molar-refractivity contribution is 5.94. The number of hydrogen-bond donors (Lipinski definition) is 1. The van der Waals surface area contributed by atoms with Crippen LogP contribution in [-0.2, 0) is 0 Å². The summed E-state index contributed by atoms with van der Waals surface area (Å²) in [5.74, 6) is -4.19. The molecule has 19 heavy (non-hydrogen) atoms. The lowest BCUT2D eigenvalue weighted by molar-refractivity contribution is 0.0698. The summed E-state index contributed by atoms with van der Waals surface area (Å²) in [5.41, 5.74) is 4.98. The molecule has 0 aromatic heterocycles.